The van der Waals surface area contributed by atoms with Crippen molar-refractivity contribution in [2.45, 2.75) is 0 Å². The van der Waals surface area contributed by atoms with Crippen molar-refractivity contribution in [1.82, 2.24) is 0 Å². The smallest absolute Gasteiger partial charge is 0.341 e. The van der Waals surface area contributed by atoms with Crippen molar-refractivity contribution in [3.05, 3.63) is 68.7 Å². The molecule has 10 heteroatoms. The van der Waals surface area contributed by atoms with Crippen molar-refractivity contribution in [2.24, 2.45) is 0 Å². The summed E-state index contributed by atoms with van der Waals surface area (Å²) < 4.78 is 5.04. The number of amides is 1. The number of carbonyl (C=O) groups excluding carboxylic acids is 1. The van der Waals surface area contributed by atoms with Crippen LogP contribution in [0.4, 0.5) is 11.4 Å². The van der Waals surface area contributed by atoms with E-state index in [0.29, 0.717) is 5.56 Å². The second-order valence-corrected chi connectivity index (χ2v) is 5.71. The minimum Gasteiger partial charge on any atom is -0.482 e. The summed E-state index contributed by atoms with van der Waals surface area (Å²) in [5.41, 5.74) is -0.163. The fourth-order valence-electron chi connectivity index (χ4n) is 2.07. The van der Waals surface area contributed by atoms with E-state index in [9.17, 15) is 25.0 Å². The van der Waals surface area contributed by atoms with Gasteiger partial charge in [0.2, 0.25) is 0 Å². The molecule has 0 aliphatic heterocycles. The van der Waals surface area contributed by atoms with Crippen LogP contribution in [-0.2, 0) is 9.59 Å². The van der Waals surface area contributed by atoms with E-state index >= 15 is 0 Å². The molecule has 2 aromatic carbocycles. The maximum atomic E-state index is 12.3. The Morgan fingerprint density at radius 3 is 2.71 bits per heavy atom. The number of nitro benzene ring substituents is 1. The van der Waals surface area contributed by atoms with Crippen LogP contribution in [0.15, 0.2) is 48.0 Å². The zero-order valence-electron chi connectivity index (χ0n) is 14.1. The number of benzene rings is 2. The second-order valence-electron chi connectivity index (χ2n) is 5.30. The Hall–Kier alpha value is -3.90. The largest absolute Gasteiger partial charge is 0.482 e. The summed E-state index contributed by atoms with van der Waals surface area (Å²) in [6, 6.07) is 11.4. The van der Waals surface area contributed by atoms with E-state index in [-0.39, 0.29) is 27.7 Å². The van der Waals surface area contributed by atoms with Crippen LogP contribution in [0.25, 0.3) is 6.08 Å². The molecule has 0 aliphatic carbocycles. The molecule has 0 atom stereocenters. The van der Waals surface area contributed by atoms with Gasteiger partial charge in [-0.15, -0.1) is 0 Å². The quantitative estimate of drug-likeness (QED) is 0.313. The van der Waals surface area contributed by atoms with Gasteiger partial charge in [0.1, 0.15) is 17.4 Å². The van der Waals surface area contributed by atoms with Crippen LogP contribution in [0, 0.1) is 21.4 Å². The third-order valence-corrected chi connectivity index (χ3v) is 3.64. The fourth-order valence-corrected chi connectivity index (χ4v) is 2.23. The molecule has 1 amide bonds. The van der Waals surface area contributed by atoms with Gasteiger partial charge in [0.15, 0.2) is 6.61 Å². The number of non-ortho nitro benzene ring substituents is 1. The Kier molecular flexibility index (Phi) is 6.68. The Labute approximate surface area is 163 Å². The van der Waals surface area contributed by atoms with Crippen molar-refractivity contribution in [2.75, 3.05) is 11.9 Å². The highest BCUT2D eigenvalue weighted by Gasteiger charge is 2.15. The number of nitrogens with zero attached hydrogens (tertiary/aromatic N) is 2. The number of ether oxygens (including phenoxy) is 1. The molecule has 0 bridgehead atoms. The number of rotatable bonds is 7. The number of nitriles is 1. The number of hydrogen-bond donors (Lipinski definition) is 2. The molecular formula is C18H12ClN3O6. The number of carboxylic acids is 1. The molecule has 0 heterocycles. The van der Waals surface area contributed by atoms with Gasteiger partial charge >= 0.3 is 5.97 Å². The highest BCUT2D eigenvalue weighted by molar-refractivity contribution is 6.34. The number of carboxylic acid groups (broad SMARTS) is 1. The predicted molar refractivity (Wildman–Crippen MR) is 99.9 cm³/mol. The third kappa shape index (κ3) is 5.55. The second kappa shape index (κ2) is 9.16. The Bertz CT molecular complexity index is 1010. The molecule has 0 spiro atoms. The maximum Gasteiger partial charge on any atom is 0.341 e. The maximum absolute atomic E-state index is 12.3. The molecule has 0 fully saturated rings. The Morgan fingerprint density at radius 1 is 1.32 bits per heavy atom. The predicted octanol–water partition coefficient (Wildman–Crippen LogP) is 3.26. The minimum atomic E-state index is -1.15. The van der Waals surface area contributed by atoms with E-state index in [1.807, 2.05) is 0 Å². The van der Waals surface area contributed by atoms with Gasteiger partial charge in [-0.3, -0.25) is 14.9 Å². The van der Waals surface area contributed by atoms with Crippen molar-refractivity contribution in [3.8, 4) is 11.8 Å². The van der Waals surface area contributed by atoms with Gasteiger partial charge in [-0.2, -0.15) is 5.26 Å². The first-order valence-electron chi connectivity index (χ1n) is 7.62. The number of halogens is 1. The van der Waals surface area contributed by atoms with E-state index < -0.39 is 23.4 Å². The number of nitrogens with one attached hydrogen (secondary N) is 1. The molecule has 0 aromatic heterocycles. The molecule has 9 nitrogen and oxygen atoms in total. The summed E-state index contributed by atoms with van der Waals surface area (Å²) in [5.74, 6) is -1.72. The molecule has 28 heavy (non-hydrogen) atoms. The number of hydrogen-bond acceptors (Lipinski definition) is 6. The van der Waals surface area contributed by atoms with Crippen molar-refractivity contribution >= 4 is 40.9 Å². The van der Waals surface area contributed by atoms with E-state index in [0.717, 1.165) is 6.07 Å². The normalized spacial score (nSPS) is 10.6. The number of carbonyl (C=O) groups is 2. The summed E-state index contributed by atoms with van der Waals surface area (Å²) in [7, 11) is 0. The Morgan fingerprint density at radius 2 is 2.07 bits per heavy atom. The lowest BCUT2D eigenvalue weighted by molar-refractivity contribution is -0.384. The van der Waals surface area contributed by atoms with Gasteiger partial charge in [0.25, 0.3) is 11.6 Å². The average Bonchev–Trinajstić information content (AvgIpc) is 2.66. The first kappa shape index (κ1) is 20.4. The molecule has 0 saturated carbocycles. The summed E-state index contributed by atoms with van der Waals surface area (Å²) in [5, 5.41) is 31.2. The van der Waals surface area contributed by atoms with Gasteiger partial charge in [-0.1, -0.05) is 23.7 Å². The van der Waals surface area contributed by atoms with Crippen molar-refractivity contribution in [3.63, 3.8) is 0 Å². The Balaban J connectivity index is 2.23. The van der Waals surface area contributed by atoms with Gasteiger partial charge < -0.3 is 15.2 Å². The van der Waals surface area contributed by atoms with E-state index in [2.05, 4.69) is 5.32 Å². The lowest BCUT2D eigenvalue weighted by Gasteiger charge is -2.07. The third-order valence-electron chi connectivity index (χ3n) is 3.31. The molecule has 0 unspecified atom stereocenters. The first-order chi connectivity index (χ1) is 13.3. The fraction of sp³-hybridized carbons (Fsp3) is 0.0556. The summed E-state index contributed by atoms with van der Waals surface area (Å²) in [6.07, 6.45) is 1.26. The molecular weight excluding hydrogens is 390 g/mol. The molecule has 0 aliphatic rings. The minimum absolute atomic E-state index is 0.0134. The van der Waals surface area contributed by atoms with Crippen LogP contribution in [0.5, 0.6) is 5.75 Å². The molecule has 0 radical (unpaired) electrons. The zero-order chi connectivity index (χ0) is 20.7. The van der Waals surface area contributed by atoms with Crippen LogP contribution in [-0.4, -0.2) is 28.5 Å². The molecule has 2 N–H and O–H groups in total. The highest BCUT2D eigenvalue weighted by atomic mass is 35.5. The van der Waals surface area contributed by atoms with E-state index in [4.69, 9.17) is 21.4 Å². The molecule has 2 rings (SSSR count). The van der Waals surface area contributed by atoms with E-state index in [1.54, 1.807) is 18.2 Å². The monoisotopic (exact) mass is 401 g/mol. The molecule has 0 saturated heterocycles. The van der Waals surface area contributed by atoms with Crippen LogP contribution in [0.3, 0.4) is 0 Å². The number of nitro groups is 1. The summed E-state index contributed by atoms with van der Waals surface area (Å²) in [4.78, 5) is 33.1. The number of aliphatic carboxylic acids is 1. The molecule has 142 valence electrons. The summed E-state index contributed by atoms with van der Waals surface area (Å²) >= 11 is 5.93. The van der Waals surface area contributed by atoms with Gasteiger partial charge in [-0.25, -0.2) is 4.79 Å². The zero-order valence-corrected chi connectivity index (χ0v) is 14.8. The van der Waals surface area contributed by atoms with E-state index in [1.165, 1.54) is 30.3 Å². The lowest BCUT2D eigenvalue weighted by atomic mass is 10.1. The highest BCUT2D eigenvalue weighted by Crippen LogP contribution is 2.27. The van der Waals surface area contributed by atoms with Crippen LogP contribution in [0.2, 0.25) is 5.02 Å². The standard InChI is InChI=1S/C18H12ClN3O6/c19-15-5-4-13(22(26)27)8-16(15)21-18(25)12(9-20)6-11-2-1-3-14(7-11)28-10-17(23)24/h1-8H,10H2,(H,21,25)(H,23,24)/b12-6+. The van der Waals surface area contributed by atoms with Crippen molar-refractivity contribution < 1.29 is 24.4 Å². The van der Waals surface area contributed by atoms with Crippen LogP contribution < -0.4 is 10.1 Å². The average molecular weight is 402 g/mol. The summed E-state index contributed by atoms with van der Waals surface area (Å²) in [6.45, 7) is -0.538. The van der Waals surface area contributed by atoms with Gasteiger partial charge in [0.05, 0.1) is 15.6 Å². The van der Waals surface area contributed by atoms with Crippen molar-refractivity contribution in [1.29, 1.82) is 5.26 Å². The molecule has 2 aromatic rings. The number of anilines is 1. The van der Waals surface area contributed by atoms with Gasteiger partial charge in [0, 0.05) is 12.1 Å². The van der Waals surface area contributed by atoms with Crippen LogP contribution >= 0.6 is 11.6 Å². The van der Waals surface area contributed by atoms with Gasteiger partial charge in [-0.05, 0) is 29.8 Å². The SMILES string of the molecule is N#C/C(=C\c1cccc(OCC(=O)O)c1)C(=O)Nc1cc([N+](=O)[O-])ccc1Cl. The topological polar surface area (TPSA) is 143 Å². The lowest BCUT2D eigenvalue weighted by Crippen LogP contribution is -2.14. The van der Waals surface area contributed by atoms with Crippen LogP contribution in [0.1, 0.15) is 5.56 Å². The first-order valence-corrected chi connectivity index (χ1v) is 7.99.